The molecule has 0 fully saturated rings. The zero-order valence-corrected chi connectivity index (χ0v) is 13.7. The number of hydrogen-bond acceptors (Lipinski definition) is 3. The molecule has 0 bridgehead atoms. The Morgan fingerprint density at radius 3 is 2.59 bits per heavy atom. The fourth-order valence-electron chi connectivity index (χ4n) is 2.76. The van der Waals surface area contributed by atoms with Crippen LogP contribution in [0.3, 0.4) is 0 Å². The number of rotatable bonds is 1. The first kappa shape index (κ1) is 15.3. The molecule has 0 radical (unpaired) electrons. The lowest BCUT2D eigenvalue weighted by molar-refractivity contribution is -0.0731. The van der Waals surface area contributed by atoms with E-state index < -0.39 is 17.0 Å². The highest BCUT2D eigenvalue weighted by Gasteiger charge is 2.60. The number of benzene rings is 2. The first-order chi connectivity index (χ1) is 10.3. The van der Waals surface area contributed by atoms with Crippen molar-refractivity contribution in [1.82, 2.24) is 0 Å². The van der Waals surface area contributed by atoms with Gasteiger partial charge in [-0.05, 0) is 22.9 Å². The predicted octanol–water partition coefficient (Wildman–Crippen LogP) is 4.26. The van der Waals surface area contributed by atoms with Crippen LogP contribution in [0.15, 0.2) is 40.9 Å². The van der Waals surface area contributed by atoms with Crippen LogP contribution in [-0.2, 0) is 11.2 Å². The van der Waals surface area contributed by atoms with Crippen molar-refractivity contribution in [3.05, 3.63) is 62.8 Å². The van der Waals surface area contributed by atoms with Gasteiger partial charge in [0.25, 0.3) is 5.60 Å². The Balaban J connectivity index is 2.31. The van der Waals surface area contributed by atoms with Crippen molar-refractivity contribution in [1.29, 1.82) is 5.26 Å². The number of fused-ring (bicyclic) bond motifs is 1. The second-order valence-corrected chi connectivity index (χ2v) is 6.36. The summed E-state index contributed by atoms with van der Waals surface area (Å²) in [4.78, 5) is 0. The zero-order chi connectivity index (χ0) is 16.1. The van der Waals surface area contributed by atoms with E-state index in [-0.39, 0.29) is 20.8 Å². The first-order valence-corrected chi connectivity index (χ1v) is 7.58. The van der Waals surface area contributed by atoms with Crippen LogP contribution in [0.5, 0.6) is 5.75 Å². The summed E-state index contributed by atoms with van der Waals surface area (Å²) in [7, 11) is 0. The van der Waals surface area contributed by atoms with Crippen molar-refractivity contribution in [3.63, 3.8) is 0 Å². The van der Waals surface area contributed by atoms with Crippen LogP contribution in [0.2, 0.25) is 5.02 Å². The quantitative estimate of drug-likeness (QED) is 0.750. The minimum Gasteiger partial charge on any atom is -0.464 e. The zero-order valence-electron chi connectivity index (χ0n) is 11.4. The van der Waals surface area contributed by atoms with Crippen LogP contribution in [0.1, 0.15) is 18.1 Å². The minimum absolute atomic E-state index is 0.0872. The molecule has 6 heteroatoms. The number of nitriles is 1. The van der Waals surface area contributed by atoms with Crippen molar-refractivity contribution in [2.45, 2.75) is 18.1 Å². The molecule has 0 aliphatic carbocycles. The Morgan fingerprint density at radius 2 is 2.00 bits per heavy atom. The molecule has 0 spiro atoms. The van der Waals surface area contributed by atoms with E-state index in [0.29, 0.717) is 5.56 Å². The molecule has 0 saturated carbocycles. The van der Waals surface area contributed by atoms with Crippen molar-refractivity contribution < 1.29 is 14.2 Å². The van der Waals surface area contributed by atoms with E-state index in [1.54, 1.807) is 30.3 Å². The molecule has 1 N–H and O–H groups in total. The molecule has 22 heavy (non-hydrogen) atoms. The third-order valence-corrected chi connectivity index (χ3v) is 5.29. The fourth-order valence-corrected chi connectivity index (χ4v) is 3.68. The Morgan fingerprint density at radius 1 is 1.36 bits per heavy atom. The fraction of sp³-hybridized carbons (Fsp3) is 0.188. The van der Waals surface area contributed by atoms with E-state index >= 15 is 0 Å². The van der Waals surface area contributed by atoms with Crippen LogP contribution in [-0.4, -0.2) is 5.11 Å². The predicted molar refractivity (Wildman–Crippen MR) is 83.0 cm³/mol. The smallest absolute Gasteiger partial charge is 0.251 e. The molecule has 112 valence electrons. The van der Waals surface area contributed by atoms with Crippen molar-refractivity contribution in [2.24, 2.45) is 0 Å². The topological polar surface area (TPSA) is 53.2 Å². The maximum atomic E-state index is 13.8. The largest absolute Gasteiger partial charge is 0.464 e. The van der Waals surface area contributed by atoms with E-state index in [9.17, 15) is 14.8 Å². The number of nitrogens with zero attached hydrogens (tertiary/aromatic N) is 1. The number of aliphatic hydroxyl groups is 1. The Bertz CT molecular complexity index is 804. The van der Waals surface area contributed by atoms with Gasteiger partial charge in [0, 0.05) is 21.7 Å². The molecular formula is C16H10BrClFNO2. The third kappa shape index (κ3) is 1.81. The third-order valence-electron chi connectivity index (χ3n) is 3.90. The van der Waals surface area contributed by atoms with Crippen molar-refractivity contribution in [3.8, 4) is 11.8 Å². The molecule has 1 unspecified atom stereocenters. The summed E-state index contributed by atoms with van der Waals surface area (Å²) in [5.41, 5.74) is -2.67. The van der Waals surface area contributed by atoms with Crippen LogP contribution < -0.4 is 4.74 Å². The molecule has 2 aromatic rings. The molecule has 1 aliphatic heterocycles. The van der Waals surface area contributed by atoms with E-state index in [1.807, 2.05) is 6.07 Å². The van der Waals surface area contributed by atoms with Crippen molar-refractivity contribution >= 4 is 27.5 Å². The summed E-state index contributed by atoms with van der Waals surface area (Å²) in [6.07, 6.45) is 0. The van der Waals surface area contributed by atoms with Gasteiger partial charge in [0.05, 0.1) is 5.02 Å². The maximum absolute atomic E-state index is 13.8. The summed E-state index contributed by atoms with van der Waals surface area (Å²) >= 11 is 9.09. The van der Waals surface area contributed by atoms with Gasteiger partial charge in [0.2, 0.25) is 0 Å². The standard InChI is InChI=1S/C16H10BrClFNO2/c1-15(21)12-11(7-10(19)14(18)13(12)17)22-16(15,8-20)9-5-3-2-4-6-9/h2-7,21H,1H3/t15?,16-/m1/s1. The van der Waals surface area contributed by atoms with Gasteiger partial charge in [-0.3, -0.25) is 0 Å². The lowest BCUT2D eigenvalue weighted by Gasteiger charge is -2.33. The average molecular weight is 383 g/mol. The van der Waals surface area contributed by atoms with Gasteiger partial charge in [-0.2, -0.15) is 5.26 Å². The van der Waals surface area contributed by atoms with E-state index in [4.69, 9.17) is 16.3 Å². The number of halogens is 3. The summed E-state index contributed by atoms with van der Waals surface area (Å²) in [6.45, 7) is 1.45. The van der Waals surface area contributed by atoms with Gasteiger partial charge < -0.3 is 9.84 Å². The molecule has 2 atom stereocenters. The Hall–Kier alpha value is -1.61. The van der Waals surface area contributed by atoms with Gasteiger partial charge >= 0.3 is 0 Å². The first-order valence-electron chi connectivity index (χ1n) is 6.41. The molecule has 3 nitrogen and oxygen atoms in total. The molecule has 0 saturated heterocycles. The van der Waals surface area contributed by atoms with E-state index in [0.717, 1.165) is 6.07 Å². The highest BCUT2D eigenvalue weighted by atomic mass is 79.9. The second-order valence-electron chi connectivity index (χ2n) is 5.19. The Kier molecular flexibility index (Phi) is 3.44. The normalized spacial score (nSPS) is 26.2. The van der Waals surface area contributed by atoms with Crippen LogP contribution >= 0.6 is 27.5 Å². The van der Waals surface area contributed by atoms with Crippen LogP contribution in [0.25, 0.3) is 0 Å². The summed E-state index contributed by atoms with van der Waals surface area (Å²) in [5.74, 6) is -0.603. The van der Waals surface area contributed by atoms with E-state index in [2.05, 4.69) is 15.9 Å². The monoisotopic (exact) mass is 381 g/mol. The molecule has 3 rings (SSSR count). The molecular weight excluding hydrogens is 373 g/mol. The Labute approximate surface area is 140 Å². The van der Waals surface area contributed by atoms with Gasteiger partial charge in [-0.25, -0.2) is 4.39 Å². The summed E-state index contributed by atoms with van der Waals surface area (Å²) in [5, 5.41) is 20.6. The lowest BCUT2D eigenvalue weighted by atomic mass is 9.77. The molecule has 2 aromatic carbocycles. The van der Waals surface area contributed by atoms with Crippen LogP contribution in [0, 0.1) is 17.1 Å². The van der Waals surface area contributed by atoms with Gasteiger partial charge in [0.15, 0.2) is 0 Å². The molecule has 0 amide bonds. The number of ether oxygens (including phenoxy) is 1. The summed E-state index contributed by atoms with van der Waals surface area (Å²) < 4.78 is 19.7. The average Bonchev–Trinajstić information content (AvgIpc) is 2.73. The molecule has 0 aromatic heterocycles. The SMILES string of the molecule is CC1(O)c2c(cc(F)c(Cl)c2Br)O[C@]1(C#N)c1ccccc1. The highest BCUT2D eigenvalue weighted by molar-refractivity contribution is 9.10. The summed E-state index contributed by atoms with van der Waals surface area (Å²) in [6, 6.07) is 11.7. The van der Waals surface area contributed by atoms with Gasteiger partial charge in [0.1, 0.15) is 23.2 Å². The molecule has 1 aliphatic rings. The van der Waals surface area contributed by atoms with Crippen LogP contribution in [0.4, 0.5) is 4.39 Å². The highest BCUT2D eigenvalue weighted by Crippen LogP contribution is 2.56. The number of hydrogen-bond donors (Lipinski definition) is 1. The van der Waals surface area contributed by atoms with Gasteiger partial charge in [-0.15, -0.1) is 0 Å². The van der Waals surface area contributed by atoms with E-state index in [1.165, 1.54) is 6.92 Å². The maximum Gasteiger partial charge on any atom is 0.251 e. The molecule has 1 heterocycles. The minimum atomic E-state index is -1.71. The lowest BCUT2D eigenvalue weighted by Crippen LogP contribution is -2.46. The van der Waals surface area contributed by atoms with Crippen molar-refractivity contribution in [2.75, 3.05) is 0 Å². The second kappa shape index (κ2) is 4.95. The van der Waals surface area contributed by atoms with Gasteiger partial charge in [-0.1, -0.05) is 41.9 Å².